The van der Waals surface area contributed by atoms with E-state index in [9.17, 15) is 14.9 Å². The van der Waals surface area contributed by atoms with Gasteiger partial charge in [-0.2, -0.15) is 0 Å². The standard InChI is InChI=1S/C20H23N3O3/c24-20(22-17-11-5-2-6-12-17)19(21-16-9-3-1-4-10-16)15-8-7-13-18(14-15)23(25)26/h1,3-4,7-10,13-14,17,19,21H,2,5-6,11-12H2,(H,22,24). The lowest BCUT2D eigenvalue weighted by Crippen LogP contribution is -2.41. The third-order valence-corrected chi connectivity index (χ3v) is 4.71. The molecule has 0 radical (unpaired) electrons. The number of carbonyl (C=O) groups is 1. The van der Waals surface area contributed by atoms with Gasteiger partial charge >= 0.3 is 0 Å². The van der Waals surface area contributed by atoms with Crippen LogP contribution in [0, 0.1) is 10.1 Å². The monoisotopic (exact) mass is 353 g/mol. The normalized spacial score (nSPS) is 15.8. The fourth-order valence-corrected chi connectivity index (χ4v) is 3.35. The number of hydrogen-bond acceptors (Lipinski definition) is 4. The molecule has 1 amide bonds. The maximum atomic E-state index is 13.0. The Morgan fingerprint density at radius 3 is 2.46 bits per heavy atom. The first-order valence-electron chi connectivity index (χ1n) is 9.00. The summed E-state index contributed by atoms with van der Waals surface area (Å²) in [4.78, 5) is 23.6. The van der Waals surface area contributed by atoms with Crippen molar-refractivity contribution in [2.45, 2.75) is 44.2 Å². The van der Waals surface area contributed by atoms with Crippen molar-refractivity contribution in [1.29, 1.82) is 0 Å². The lowest BCUT2D eigenvalue weighted by atomic mass is 9.95. The molecule has 136 valence electrons. The molecule has 1 fully saturated rings. The summed E-state index contributed by atoms with van der Waals surface area (Å²) in [6, 6.07) is 15.1. The first-order valence-corrected chi connectivity index (χ1v) is 9.00. The lowest BCUT2D eigenvalue weighted by molar-refractivity contribution is -0.384. The molecule has 0 heterocycles. The van der Waals surface area contributed by atoms with E-state index in [1.807, 2.05) is 30.3 Å². The summed E-state index contributed by atoms with van der Waals surface area (Å²) < 4.78 is 0. The average Bonchev–Trinajstić information content (AvgIpc) is 2.67. The Labute approximate surface area is 152 Å². The fraction of sp³-hybridized carbons (Fsp3) is 0.350. The second kappa shape index (κ2) is 8.47. The van der Waals surface area contributed by atoms with Gasteiger partial charge in [-0.15, -0.1) is 0 Å². The number of nitrogens with zero attached hydrogens (tertiary/aromatic N) is 1. The molecule has 26 heavy (non-hydrogen) atoms. The van der Waals surface area contributed by atoms with Crippen LogP contribution in [0.25, 0.3) is 0 Å². The van der Waals surface area contributed by atoms with Crippen LogP contribution in [0.3, 0.4) is 0 Å². The van der Waals surface area contributed by atoms with Gasteiger partial charge in [0.1, 0.15) is 6.04 Å². The van der Waals surface area contributed by atoms with Crippen molar-refractivity contribution >= 4 is 17.3 Å². The van der Waals surface area contributed by atoms with Crippen molar-refractivity contribution in [2.24, 2.45) is 0 Å². The Balaban J connectivity index is 1.84. The highest BCUT2D eigenvalue weighted by Gasteiger charge is 2.25. The number of nitro groups is 1. The quantitative estimate of drug-likeness (QED) is 0.602. The molecule has 0 saturated heterocycles. The smallest absolute Gasteiger partial charge is 0.269 e. The van der Waals surface area contributed by atoms with Crippen molar-refractivity contribution in [3.8, 4) is 0 Å². The average molecular weight is 353 g/mol. The summed E-state index contributed by atoms with van der Waals surface area (Å²) in [5.74, 6) is -0.152. The Morgan fingerprint density at radius 1 is 1.04 bits per heavy atom. The van der Waals surface area contributed by atoms with Crippen molar-refractivity contribution in [2.75, 3.05) is 5.32 Å². The number of non-ortho nitro benzene ring substituents is 1. The molecule has 6 nitrogen and oxygen atoms in total. The van der Waals surface area contributed by atoms with E-state index in [1.165, 1.54) is 18.6 Å². The molecule has 1 saturated carbocycles. The highest BCUT2D eigenvalue weighted by molar-refractivity contribution is 5.86. The van der Waals surface area contributed by atoms with E-state index in [-0.39, 0.29) is 17.6 Å². The SMILES string of the molecule is O=C(NC1CCCCC1)C(Nc1ccccc1)c1cccc([N+](=O)[O-])c1. The van der Waals surface area contributed by atoms with Gasteiger partial charge in [-0.05, 0) is 30.5 Å². The van der Waals surface area contributed by atoms with E-state index in [2.05, 4.69) is 10.6 Å². The molecule has 6 heteroatoms. The molecule has 1 aliphatic carbocycles. The van der Waals surface area contributed by atoms with E-state index >= 15 is 0 Å². The second-order valence-electron chi connectivity index (χ2n) is 6.64. The highest BCUT2D eigenvalue weighted by atomic mass is 16.6. The van der Waals surface area contributed by atoms with Crippen LogP contribution in [0.5, 0.6) is 0 Å². The molecule has 0 aliphatic heterocycles. The van der Waals surface area contributed by atoms with E-state index in [0.717, 1.165) is 31.4 Å². The van der Waals surface area contributed by atoms with Crippen LogP contribution in [0.2, 0.25) is 0 Å². The highest BCUT2D eigenvalue weighted by Crippen LogP contribution is 2.25. The Bertz CT molecular complexity index is 758. The molecule has 2 aromatic rings. The molecule has 0 aromatic heterocycles. The zero-order valence-corrected chi connectivity index (χ0v) is 14.6. The number of rotatable bonds is 6. The van der Waals surface area contributed by atoms with Gasteiger partial charge < -0.3 is 10.6 Å². The zero-order chi connectivity index (χ0) is 18.4. The fourth-order valence-electron chi connectivity index (χ4n) is 3.35. The lowest BCUT2D eigenvalue weighted by Gasteiger charge is -2.26. The minimum Gasteiger partial charge on any atom is -0.370 e. The van der Waals surface area contributed by atoms with E-state index < -0.39 is 11.0 Å². The molecule has 1 aliphatic rings. The molecule has 3 rings (SSSR count). The maximum absolute atomic E-state index is 13.0. The zero-order valence-electron chi connectivity index (χ0n) is 14.6. The number of nitro benzene ring substituents is 1. The molecule has 0 bridgehead atoms. The van der Waals surface area contributed by atoms with Gasteiger partial charge in [0, 0.05) is 23.9 Å². The van der Waals surface area contributed by atoms with Crippen molar-refractivity contribution in [3.63, 3.8) is 0 Å². The molecule has 1 atom stereocenters. The van der Waals surface area contributed by atoms with Crippen LogP contribution in [0.1, 0.15) is 43.7 Å². The summed E-state index contributed by atoms with van der Waals surface area (Å²) >= 11 is 0. The number of nitrogens with one attached hydrogen (secondary N) is 2. The van der Waals surface area contributed by atoms with Gasteiger partial charge in [0.25, 0.3) is 5.69 Å². The van der Waals surface area contributed by atoms with Crippen LogP contribution in [0.4, 0.5) is 11.4 Å². The Hall–Kier alpha value is -2.89. The van der Waals surface area contributed by atoms with E-state index in [1.54, 1.807) is 12.1 Å². The molecular weight excluding hydrogens is 330 g/mol. The molecule has 1 unspecified atom stereocenters. The topological polar surface area (TPSA) is 84.3 Å². The van der Waals surface area contributed by atoms with Gasteiger partial charge in [0.15, 0.2) is 0 Å². The van der Waals surface area contributed by atoms with Crippen LogP contribution in [-0.4, -0.2) is 16.9 Å². The third-order valence-electron chi connectivity index (χ3n) is 4.71. The first kappa shape index (κ1) is 17.9. The second-order valence-corrected chi connectivity index (χ2v) is 6.64. The number of anilines is 1. The van der Waals surface area contributed by atoms with E-state index in [0.29, 0.717) is 5.56 Å². The van der Waals surface area contributed by atoms with Gasteiger partial charge in [-0.25, -0.2) is 0 Å². The minimum absolute atomic E-state index is 0.0205. The van der Waals surface area contributed by atoms with Crippen LogP contribution in [-0.2, 0) is 4.79 Å². The van der Waals surface area contributed by atoms with Crippen molar-refractivity contribution < 1.29 is 9.72 Å². The van der Waals surface area contributed by atoms with Crippen molar-refractivity contribution in [1.82, 2.24) is 5.32 Å². The van der Waals surface area contributed by atoms with E-state index in [4.69, 9.17) is 0 Å². The molecule has 2 N–H and O–H groups in total. The summed E-state index contributed by atoms with van der Waals surface area (Å²) in [6.07, 6.45) is 5.43. The van der Waals surface area contributed by atoms with Crippen LogP contribution in [0.15, 0.2) is 54.6 Å². The molecule has 0 spiro atoms. The van der Waals surface area contributed by atoms with Gasteiger partial charge in [-0.1, -0.05) is 49.6 Å². The van der Waals surface area contributed by atoms with Gasteiger partial charge in [0.2, 0.25) is 5.91 Å². The van der Waals surface area contributed by atoms with Crippen LogP contribution >= 0.6 is 0 Å². The first-order chi connectivity index (χ1) is 12.6. The molecule has 2 aromatic carbocycles. The maximum Gasteiger partial charge on any atom is 0.269 e. The van der Waals surface area contributed by atoms with Crippen LogP contribution < -0.4 is 10.6 Å². The van der Waals surface area contributed by atoms with Gasteiger partial charge in [0.05, 0.1) is 4.92 Å². The summed E-state index contributed by atoms with van der Waals surface area (Å²) in [7, 11) is 0. The van der Waals surface area contributed by atoms with Gasteiger partial charge in [-0.3, -0.25) is 14.9 Å². The number of hydrogen-bond donors (Lipinski definition) is 2. The Morgan fingerprint density at radius 2 is 1.77 bits per heavy atom. The minimum atomic E-state index is -0.681. The number of carbonyl (C=O) groups excluding carboxylic acids is 1. The Kier molecular flexibility index (Phi) is 5.84. The molecular formula is C20H23N3O3. The number of benzene rings is 2. The number of amides is 1. The third kappa shape index (κ3) is 4.59. The predicted molar refractivity (Wildman–Crippen MR) is 101 cm³/mol. The van der Waals surface area contributed by atoms with Crippen molar-refractivity contribution in [3.05, 3.63) is 70.3 Å². The summed E-state index contributed by atoms with van der Waals surface area (Å²) in [5.41, 5.74) is 1.35. The predicted octanol–water partition coefficient (Wildman–Crippen LogP) is 4.20. The summed E-state index contributed by atoms with van der Waals surface area (Å²) in [6.45, 7) is 0. The number of para-hydroxylation sites is 1. The summed E-state index contributed by atoms with van der Waals surface area (Å²) in [5, 5.41) is 17.4. The largest absolute Gasteiger partial charge is 0.370 e.